The zero-order valence-corrected chi connectivity index (χ0v) is 8.45. The van der Waals surface area contributed by atoms with E-state index in [2.05, 4.69) is 0 Å². The van der Waals surface area contributed by atoms with Gasteiger partial charge in [0.1, 0.15) is 5.82 Å². The summed E-state index contributed by atoms with van der Waals surface area (Å²) in [5.74, 6) is -0.607. The Balaban J connectivity index is 0.00000144. The molecule has 74 valence electrons. The molecule has 0 spiro atoms. The quantitative estimate of drug-likeness (QED) is 0.781. The molecule has 0 atom stereocenters. The van der Waals surface area contributed by atoms with Gasteiger partial charge in [-0.1, -0.05) is 6.07 Å². The van der Waals surface area contributed by atoms with Gasteiger partial charge in [0.25, 0.3) is 0 Å². The molecule has 0 saturated heterocycles. The van der Waals surface area contributed by atoms with Crippen LogP contribution < -0.4 is 5.14 Å². The Bertz CT molecular complexity index is 405. The van der Waals surface area contributed by atoms with Gasteiger partial charge in [0, 0.05) is 0 Å². The molecule has 0 saturated carbocycles. The second kappa shape index (κ2) is 4.04. The van der Waals surface area contributed by atoms with Crippen molar-refractivity contribution < 1.29 is 12.8 Å². The molecule has 0 aliphatic rings. The lowest BCUT2D eigenvalue weighted by Gasteiger charge is -2.01. The standard InChI is InChI=1S/C7H8FNO2S.ClH/c1-5-2-3-6(8)4-7(5)12(9,10)11;/h2-4H,1H3,(H2,9,10,11);1H. The van der Waals surface area contributed by atoms with Crippen LogP contribution in [0.4, 0.5) is 4.39 Å². The van der Waals surface area contributed by atoms with Crippen molar-refractivity contribution in [3.8, 4) is 0 Å². The van der Waals surface area contributed by atoms with E-state index in [0.29, 0.717) is 5.56 Å². The highest BCUT2D eigenvalue weighted by molar-refractivity contribution is 7.89. The lowest BCUT2D eigenvalue weighted by molar-refractivity contribution is 0.591. The molecule has 0 aromatic heterocycles. The maximum absolute atomic E-state index is 12.6. The summed E-state index contributed by atoms with van der Waals surface area (Å²) in [5, 5.41) is 4.83. The van der Waals surface area contributed by atoms with Crippen LogP contribution >= 0.6 is 12.4 Å². The first-order chi connectivity index (χ1) is 5.41. The molecule has 1 aromatic rings. The van der Waals surface area contributed by atoms with Crippen LogP contribution in [-0.2, 0) is 10.0 Å². The van der Waals surface area contributed by atoms with E-state index in [1.54, 1.807) is 6.92 Å². The van der Waals surface area contributed by atoms with Crippen molar-refractivity contribution in [2.45, 2.75) is 11.8 Å². The van der Waals surface area contributed by atoms with Crippen molar-refractivity contribution in [3.05, 3.63) is 29.6 Å². The Kier molecular flexibility index (Phi) is 3.84. The summed E-state index contributed by atoms with van der Waals surface area (Å²) in [6, 6.07) is 3.46. The zero-order valence-electron chi connectivity index (χ0n) is 6.82. The maximum atomic E-state index is 12.6. The van der Waals surface area contributed by atoms with Crippen LogP contribution in [0.5, 0.6) is 0 Å². The predicted octanol–water partition coefficient (Wildman–Crippen LogP) is 1.20. The summed E-state index contributed by atoms with van der Waals surface area (Å²) in [5.41, 5.74) is 0.443. The van der Waals surface area contributed by atoms with Crippen LogP contribution in [0.1, 0.15) is 5.56 Å². The fraction of sp³-hybridized carbons (Fsp3) is 0.143. The van der Waals surface area contributed by atoms with Gasteiger partial charge in [-0.2, -0.15) is 0 Å². The van der Waals surface area contributed by atoms with Crippen LogP contribution in [0, 0.1) is 12.7 Å². The van der Waals surface area contributed by atoms with Crippen LogP contribution in [0.15, 0.2) is 23.1 Å². The molecule has 3 nitrogen and oxygen atoms in total. The Morgan fingerprint density at radius 3 is 2.31 bits per heavy atom. The molecule has 0 radical (unpaired) electrons. The Morgan fingerprint density at radius 1 is 1.38 bits per heavy atom. The minimum atomic E-state index is -3.80. The molecule has 1 aromatic carbocycles. The van der Waals surface area contributed by atoms with E-state index in [9.17, 15) is 12.8 Å². The molecule has 0 aliphatic carbocycles. The third-order valence-corrected chi connectivity index (χ3v) is 2.51. The Morgan fingerprint density at radius 2 is 1.92 bits per heavy atom. The van der Waals surface area contributed by atoms with Gasteiger partial charge in [-0.15, -0.1) is 12.4 Å². The summed E-state index contributed by atoms with van der Waals surface area (Å²) in [6.45, 7) is 1.55. The first kappa shape index (κ1) is 12.3. The third kappa shape index (κ3) is 2.95. The van der Waals surface area contributed by atoms with E-state index in [4.69, 9.17) is 5.14 Å². The average molecular weight is 226 g/mol. The first-order valence-electron chi connectivity index (χ1n) is 3.20. The van der Waals surface area contributed by atoms with Gasteiger partial charge in [-0.3, -0.25) is 0 Å². The van der Waals surface area contributed by atoms with Crippen LogP contribution in [0.3, 0.4) is 0 Å². The number of hydrogen-bond acceptors (Lipinski definition) is 2. The second-order valence-electron chi connectivity index (χ2n) is 2.45. The van der Waals surface area contributed by atoms with E-state index in [1.165, 1.54) is 12.1 Å². The van der Waals surface area contributed by atoms with E-state index < -0.39 is 15.8 Å². The topological polar surface area (TPSA) is 60.2 Å². The fourth-order valence-corrected chi connectivity index (χ4v) is 1.67. The second-order valence-corrected chi connectivity index (χ2v) is 3.98. The number of halogens is 2. The molecule has 0 aliphatic heterocycles. The summed E-state index contributed by atoms with van der Waals surface area (Å²) in [4.78, 5) is -0.164. The van der Waals surface area contributed by atoms with Crippen LogP contribution in [0.2, 0.25) is 0 Å². The van der Waals surface area contributed by atoms with E-state index in [-0.39, 0.29) is 17.3 Å². The number of benzene rings is 1. The molecular weight excluding hydrogens is 217 g/mol. The maximum Gasteiger partial charge on any atom is 0.238 e. The van der Waals surface area contributed by atoms with E-state index in [1.807, 2.05) is 0 Å². The van der Waals surface area contributed by atoms with Crippen LogP contribution in [-0.4, -0.2) is 8.42 Å². The van der Waals surface area contributed by atoms with Gasteiger partial charge < -0.3 is 0 Å². The van der Waals surface area contributed by atoms with E-state index in [0.717, 1.165) is 6.07 Å². The lowest BCUT2D eigenvalue weighted by atomic mass is 10.2. The monoisotopic (exact) mass is 225 g/mol. The molecule has 2 N–H and O–H groups in total. The van der Waals surface area contributed by atoms with Crippen molar-refractivity contribution in [2.75, 3.05) is 0 Å². The molecule has 0 amide bonds. The molecule has 6 heteroatoms. The number of primary sulfonamides is 1. The number of rotatable bonds is 1. The first-order valence-corrected chi connectivity index (χ1v) is 4.75. The largest absolute Gasteiger partial charge is 0.238 e. The predicted molar refractivity (Wildman–Crippen MR) is 49.8 cm³/mol. The molecule has 1 rings (SSSR count). The number of sulfonamides is 1. The van der Waals surface area contributed by atoms with Gasteiger partial charge in [0.05, 0.1) is 4.90 Å². The smallest absolute Gasteiger partial charge is 0.225 e. The van der Waals surface area contributed by atoms with Gasteiger partial charge in [0.15, 0.2) is 0 Å². The molecule has 0 heterocycles. The zero-order chi connectivity index (χ0) is 9.35. The van der Waals surface area contributed by atoms with Crippen molar-refractivity contribution in [3.63, 3.8) is 0 Å². The van der Waals surface area contributed by atoms with Crippen molar-refractivity contribution in [2.24, 2.45) is 5.14 Å². The molecule has 0 fully saturated rings. The molecular formula is C7H9ClFNO2S. The third-order valence-electron chi connectivity index (χ3n) is 1.46. The minimum absolute atomic E-state index is 0. The number of aryl methyl sites for hydroxylation is 1. The molecule has 0 bridgehead atoms. The lowest BCUT2D eigenvalue weighted by Crippen LogP contribution is -2.13. The van der Waals surface area contributed by atoms with Crippen molar-refractivity contribution >= 4 is 22.4 Å². The SMILES string of the molecule is Cc1ccc(F)cc1S(N)(=O)=O.Cl. The van der Waals surface area contributed by atoms with Crippen LogP contribution in [0.25, 0.3) is 0 Å². The van der Waals surface area contributed by atoms with E-state index >= 15 is 0 Å². The minimum Gasteiger partial charge on any atom is -0.225 e. The van der Waals surface area contributed by atoms with Gasteiger partial charge in [-0.25, -0.2) is 17.9 Å². The highest BCUT2D eigenvalue weighted by atomic mass is 35.5. The number of hydrogen-bond donors (Lipinski definition) is 1. The molecule has 0 unspecified atom stereocenters. The van der Waals surface area contributed by atoms with Crippen molar-refractivity contribution in [1.82, 2.24) is 0 Å². The van der Waals surface area contributed by atoms with Gasteiger partial charge in [-0.05, 0) is 24.6 Å². The summed E-state index contributed by atoms with van der Waals surface area (Å²) in [6.07, 6.45) is 0. The Hall–Kier alpha value is -0.650. The van der Waals surface area contributed by atoms with Crippen molar-refractivity contribution in [1.29, 1.82) is 0 Å². The number of nitrogens with two attached hydrogens (primary N) is 1. The summed E-state index contributed by atoms with van der Waals surface area (Å²) < 4.78 is 34.2. The average Bonchev–Trinajstić information content (AvgIpc) is 1.92. The highest BCUT2D eigenvalue weighted by Gasteiger charge is 2.11. The fourth-order valence-electron chi connectivity index (χ4n) is 0.880. The molecule has 13 heavy (non-hydrogen) atoms. The highest BCUT2D eigenvalue weighted by Crippen LogP contribution is 2.13. The van der Waals surface area contributed by atoms with Gasteiger partial charge in [0.2, 0.25) is 10.0 Å². The Labute approximate surface area is 82.2 Å². The summed E-state index contributed by atoms with van der Waals surface area (Å²) in [7, 11) is -3.80. The summed E-state index contributed by atoms with van der Waals surface area (Å²) >= 11 is 0. The van der Waals surface area contributed by atoms with Gasteiger partial charge >= 0.3 is 0 Å². The normalized spacial score (nSPS) is 10.7.